The lowest BCUT2D eigenvalue weighted by atomic mass is 10.1. The molecule has 0 spiro atoms. The number of benzene rings is 1. The van der Waals surface area contributed by atoms with Crippen molar-refractivity contribution < 1.29 is 9.53 Å². The first-order chi connectivity index (χ1) is 13.6. The fourth-order valence-electron chi connectivity index (χ4n) is 3.71. The normalized spacial score (nSPS) is 15.5. The first-order valence-corrected chi connectivity index (χ1v) is 10.8. The number of nitrogens with one attached hydrogen (secondary N) is 1. The number of methoxy groups -OCH3 is 1. The number of nitrogens with zero attached hydrogens (tertiary/aromatic N) is 2. The maximum Gasteiger partial charge on any atom is 0.307 e. The minimum absolute atomic E-state index is 0.0404. The molecule has 28 heavy (non-hydrogen) atoms. The third-order valence-electron chi connectivity index (χ3n) is 5.34. The van der Waals surface area contributed by atoms with Crippen molar-refractivity contribution in [1.82, 2.24) is 14.8 Å². The number of rotatable bonds is 9. The lowest BCUT2D eigenvalue weighted by Gasteiger charge is -2.28. The molecular weight excluding hydrogens is 374 g/mol. The average molecular weight is 404 g/mol. The van der Waals surface area contributed by atoms with Gasteiger partial charge in [0.25, 0.3) is 0 Å². The molecule has 1 aromatic heterocycles. The van der Waals surface area contributed by atoms with Crippen LogP contribution in [-0.2, 0) is 11.3 Å². The molecule has 0 unspecified atom stereocenters. The van der Waals surface area contributed by atoms with E-state index in [2.05, 4.69) is 22.3 Å². The monoisotopic (exact) mass is 403 g/mol. The van der Waals surface area contributed by atoms with E-state index in [4.69, 9.17) is 4.74 Å². The first kappa shape index (κ1) is 20.6. The van der Waals surface area contributed by atoms with E-state index in [0.29, 0.717) is 25.9 Å². The number of carbonyl (C=O) groups is 1. The Bertz CT molecular complexity index is 822. The second kappa shape index (κ2) is 9.89. The number of aromatic nitrogens is 1. The van der Waals surface area contributed by atoms with Crippen molar-refractivity contribution in [3.8, 4) is 5.75 Å². The van der Waals surface area contributed by atoms with Crippen LogP contribution in [0.3, 0.4) is 0 Å². The predicted octanol–water partition coefficient (Wildman–Crippen LogP) is 2.96. The highest BCUT2D eigenvalue weighted by molar-refractivity contribution is 7.07. The van der Waals surface area contributed by atoms with Crippen molar-refractivity contribution in [1.29, 1.82) is 0 Å². The van der Waals surface area contributed by atoms with Crippen molar-refractivity contribution in [2.24, 2.45) is 0 Å². The zero-order valence-corrected chi connectivity index (χ0v) is 17.5. The first-order valence-electron chi connectivity index (χ1n) is 9.88. The number of carbonyl (C=O) groups excluding carboxylic acids is 1. The van der Waals surface area contributed by atoms with Gasteiger partial charge < -0.3 is 14.6 Å². The van der Waals surface area contributed by atoms with Crippen molar-refractivity contribution >= 4 is 17.2 Å². The number of aryl methyl sites for hydroxylation is 1. The second-order valence-corrected chi connectivity index (χ2v) is 8.05. The fraction of sp³-hybridized carbons (Fsp3) is 0.524. The van der Waals surface area contributed by atoms with E-state index in [1.54, 1.807) is 11.7 Å². The summed E-state index contributed by atoms with van der Waals surface area (Å²) in [5.41, 5.74) is 2.16. The molecule has 0 aliphatic carbocycles. The van der Waals surface area contributed by atoms with E-state index >= 15 is 0 Å². The number of ether oxygens (including phenoxy) is 1. The lowest BCUT2D eigenvalue weighted by molar-refractivity contribution is -0.121. The van der Waals surface area contributed by atoms with Crippen LogP contribution in [0.5, 0.6) is 5.75 Å². The SMILES string of the molecule is COc1ccc([C@@H](CNC(=O)CCCn2c(C)csc2=O)N2CCCC2)cc1. The highest BCUT2D eigenvalue weighted by Crippen LogP contribution is 2.26. The number of likely N-dealkylation sites (tertiary alicyclic amines) is 1. The maximum atomic E-state index is 12.4. The third kappa shape index (κ3) is 5.23. The van der Waals surface area contributed by atoms with Gasteiger partial charge in [-0.1, -0.05) is 23.5 Å². The summed E-state index contributed by atoms with van der Waals surface area (Å²) in [7, 11) is 1.67. The molecule has 2 aromatic rings. The standard InChI is InChI=1S/C21H29N3O3S/c1-16-15-28-21(26)24(16)13-5-6-20(25)22-14-19(23-11-3-4-12-23)17-7-9-18(27-2)10-8-17/h7-10,15,19H,3-6,11-14H2,1-2H3,(H,22,25)/t19-/m1/s1. The van der Waals surface area contributed by atoms with Crippen LogP contribution >= 0.6 is 11.3 Å². The molecular formula is C21H29N3O3S. The van der Waals surface area contributed by atoms with Gasteiger partial charge in [0.1, 0.15) is 5.75 Å². The van der Waals surface area contributed by atoms with Crippen molar-refractivity contribution in [2.45, 2.75) is 45.2 Å². The van der Waals surface area contributed by atoms with Crippen molar-refractivity contribution in [2.75, 3.05) is 26.7 Å². The van der Waals surface area contributed by atoms with E-state index in [1.165, 1.54) is 29.7 Å². The Morgan fingerprint density at radius 3 is 2.57 bits per heavy atom. The number of amides is 1. The molecule has 1 amide bonds. The quantitative estimate of drug-likeness (QED) is 0.699. The van der Waals surface area contributed by atoms with E-state index in [-0.39, 0.29) is 16.8 Å². The van der Waals surface area contributed by atoms with Gasteiger partial charge in [-0.05, 0) is 57.0 Å². The summed E-state index contributed by atoms with van der Waals surface area (Å²) in [5.74, 6) is 0.880. The van der Waals surface area contributed by atoms with Gasteiger partial charge in [0.2, 0.25) is 5.91 Å². The second-order valence-electron chi connectivity index (χ2n) is 7.23. The number of hydrogen-bond acceptors (Lipinski definition) is 5. The Labute approximate surface area is 170 Å². The molecule has 0 bridgehead atoms. The molecule has 1 saturated heterocycles. The number of hydrogen-bond donors (Lipinski definition) is 1. The Kier molecular flexibility index (Phi) is 7.28. The van der Waals surface area contributed by atoms with E-state index in [9.17, 15) is 9.59 Å². The van der Waals surface area contributed by atoms with Crippen LogP contribution in [0.25, 0.3) is 0 Å². The average Bonchev–Trinajstić information content (AvgIpc) is 3.34. The van der Waals surface area contributed by atoms with Gasteiger partial charge in [0.15, 0.2) is 0 Å². The summed E-state index contributed by atoms with van der Waals surface area (Å²) in [6.45, 7) is 5.24. The van der Waals surface area contributed by atoms with Gasteiger partial charge in [-0.25, -0.2) is 0 Å². The Hall–Kier alpha value is -2.12. The van der Waals surface area contributed by atoms with Crippen LogP contribution in [-0.4, -0.2) is 42.1 Å². The van der Waals surface area contributed by atoms with Crippen molar-refractivity contribution in [3.05, 3.63) is 50.6 Å². The third-order valence-corrected chi connectivity index (χ3v) is 6.22. The highest BCUT2D eigenvalue weighted by atomic mass is 32.1. The van der Waals surface area contributed by atoms with Crippen molar-refractivity contribution in [3.63, 3.8) is 0 Å². The summed E-state index contributed by atoms with van der Waals surface area (Å²) in [4.78, 5) is 26.6. The molecule has 7 heteroatoms. The van der Waals surface area contributed by atoms with Crippen LogP contribution in [0.4, 0.5) is 0 Å². The van der Waals surface area contributed by atoms with Crippen LogP contribution in [0.1, 0.15) is 43.0 Å². The van der Waals surface area contributed by atoms with Gasteiger partial charge in [0.05, 0.1) is 13.2 Å². The minimum Gasteiger partial charge on any atom is -0.497 e. The largest absolute Gasteiger partial charge is 0.497 e. The van der Waals surface area contributed by atoms with E-state index in [0.717, 1.165) is 24.5 Å². The smallest absolute Gasteiger partial charge is 0.307 e. The maximum absolute atomic E-state index is 12.4. The van der Waals surface area contributed by atoms with Crippen LogP contribution < -0.4 is 14.9 Å². The fourth-order valence-corrected chi connectivity index (χ4v) is 4.47. The van der Waals surface area contributed by atoms with Gasteiger partial charge in [0, 0.05) is 30.6 Å². The summed E-state index contributed by atoms with van der Waals surface area (Å²) < 4.78 is 7.00. The Morgan fingerprint density at radius 2 is 1.96 bits per heavy atom. The Morgan fingerprint density at radius 1 is 1.25 bits per heavy atom. The van der Waals surface area contributed by atoms with E-state index in [1.807, 2.05) is 24.4 Å². The zero-order valence-electron chi connectivity index (χ0n) is 16.6. The van der Waals surface area contributed by atoms with Gasteiger partial charge in [-0.3, -0.25) is 14.5 Å². The van der Waals surface area contributed by atoms with Crippen LogP contribution in [0.15, 0.2) is 34.4 Å². The molecule has 0 radical (unpaired) electrons. The van der Waals surface area contributed by atoms with Gasteiger partial charge in [-0.2, -0.15) is 0 Å². The topological polar surface area (TPSA) is 63.6 Å². The molecule has 1 aliphatic rings. The predicted molar refractivity (Wildman–Crippen MR) is 112 cm³/mol. The minimum atomic E-state index is 0.0404. The van der Waals surface area contributed by atoms with E-state index < -0.39 is 0 Å². The van der Waals surface area contributed by atoms with Gasteiger partial charge >= 0.3 is 4.87 Å². The zero-order chi connectivity index (χ0) is 19.9. The summed E-state index contributed by atoms with van der Waals surface area (Å²) in [5, 5.41) is 4.96. The molecule has 1 atom stereocenters. The lowest BCUT2D eigenvalue weighted by Crippen LogP contribution is -2.36. The molecule has 1 aromatic carbocycles. The number of thiazole rings is 1. The molecule has 152 valence electrons. The summed E-state index contributed by atoms with van der Waals surface area (Å²) in [6.07, 6.45) is 3.50. The van der Waals surface area contributed by atoms with Crippen LogP contribution in [0, 0.1) is 6.92 Å². The molecule has 0 saturated carbocycles. The molecule has 2 heterocycles. The van der Waals surface area contributed by atoms with Crippen LogP contribution in [0.2, 0.25) is 0 Å². The molecule has 1 N–H and O–H groups in total. The highest BCUT2D eigenvalue weighted by Gasteiger charge is 2.24. The summed E-state index contributed by atoms with van der Waals surface area (Å²) in [6, 6.07) is 8.29. The van der Waals surface area contributed by atoms with Gasteiger partial charge in [-0.15, -0.1) is 0 Å². The molecule has 1 fully saturated rings. The molecule has 3 rings (SSSR count). The molecule has 6 nitrogen and oxygen atoms in total. The molecule has 1 aliphatic heterocycles. The Balaban J connectivity index is 1.53. The summed E-state index contributed by atoms with van der Waals surface area (Å²) >= 11 is 1.21.